The Morgan fingerprint density at radius 1 is 0.929 bits per heavy atom. The lowest BCUT2D eigenvalue weighted by Gasteiger charge is -2.17. The van der Waals surface area contributed by atoms with Crippen LogP contribution in [0.2, 0.25) is 0 Å². The molecule has 28 heavy (non-hydrogen) atoms. The molecule has 0 aliphatic rings. The summed E-state index contributed by atoms with van der Waals surface area (Å²) in [5.41, 5.74) is 3.13. The molecule has 6 nitrogen and oxygen atoms in total. The van der Waals surface area contributed by atoms with Crippen molar-refractivity contribution in [1.82, 2.24) is 0 Å². The lowest BCUT2D eigenvalue weighted by molar-refractivity contribution is -0.152. The van der Waals surface area contributed by atoms with E-state index in [-0.39, 0.29) is 24.2 Å². The normalized spacial score (nSPS) is 11.6. The molecular weight excluding hydrogens is 356 g/mol. The largest absolute Gasteiger partial charge is 0.452 e. The molecule has 2 N–H and O–H groups in total. The Bertz CT molecular complexity index is 844. The summed E-state index contributed by atoms with van der Waals surface area (Å²) in [7, 11) is 0. The van der Waals surface area contributed by atoms with Crippen molar-refractivity contribution in [2.45, 2.75) is 46.1 Å². The van der Waals surface area contributed by atoms with E-state index >= 15 is 0 Å². The topological polar surface area (TPSA) is 84.5 Å². The van der Waals surface area contributed by atoms with Crippen molar-refractivity contribution in [3.63, 3.8) is 0 Å². The number of ether oxygens (including phenoxy) is 1. The number of benzene rings is 2. The molecule has 0 saturated carbocycles. The highest BCUT2D eigenvalue weighted by molar-refractivity contribution is 5.96. The zero-order valence-electron chi connectivity index (χ0n) is 16.6. The van der Waals surface area contributed by atoms with Gasteiger partial charge in [-0.1, -0.05) is 44.2 Å². The molecule has 0 radical (unpaired) electrons. The molecule has 148 valence electrons. The summed E-state index contributed by atoms with van der Waals surface area (Å²) in [4.78, 5) is 35.6. The van der Waals surface area contributed by atoms with Gasteiger partial charge in [-0.25, -0.2) is 0 Å². The molecule has 6 heteroatoms. The summed E-state index contributed by atoms with van der Waals surface area (Å²) in [6.07, 6.45) is -0.869. The SMILES string of the molecule is CC(=O)Nc1ccc(CC(=O)O[C@@H](C)C(=O)Nc2ccccc2C(C)C)cc1. The number of esters is 1. The maximum Gasteiger partial charge on any atom is 0.311 e. The van der Waals surface area contributed by atoms with E-state index in [1.807, 2.05) is 38.1 Å². The highest BCUT2D eigenvalue weighted by Crippen LogP contribution is 2.23. The summed E-state index contributed by atoms with van der Waals surface area (Å²) >= 11 is 0. The predicted molar refractivity (Wildman–Crippen MR) is 109 cm³/mol. The van der Waals surface area contributed by atoms with Crippen molar-refractivity contribution in [1.29, 1.82) is 0 Å². The van der Waals surface area contributed by atoms with Crippen molar-refractivity contribution in [3.8, 4) is 0 Å². The molecule has 0 bridgehead atoms. The second-order valence-electron chi connectivity index (χ2n) is 6.92. The summed E-state index contributed by atoms with van der Waals surface area (Å²) in [6.45, 7) is 7.07. The van der Waals surface area contributed by atoms with Gasteiger partial charge in [0.15, 0.2) is 6.10 Å². The van der Waals surface area contributed by atoms with E-state index in [9.17, 15) is 14.4 Å². The van der Waals surface area contributed by atoms with Crippen LogP contribution in [0.1, 0.15) is 44.7 Å². The Morgan fingerprint density at radius 3 is 2.18 bits per heavy atom. The number of para-hydroxylation sites is 1. The molecule has 2 aromatic carbocycles. The van der Waals surface area contributed by atoms with Crippen molar-refractivity contribution >= 4 is 29.2 Å². The van der Waals surface area contributed by atoms with Crippen LogP contribution in [0, 0.1) is 0 Å². The van der Waals surface area contributed by atoms with Crippen molar-refractivity contribution < 1.29 is 19.1 Å². The lowest BCUT2D eigenvalue weighted by Crippen LogP contribution is -2.30. The Morgan fingerprint density at radius 2 is 1.57 bits per heavy atom. The molecule has 0 fully saturated rings. The molecular formula is C22H26N2O4. The van der Waals surface area contributed by atoms with Crippen LogP contribution in [0.5, 0.6) is 0 Å². The minimum Gasteiger partial charge on any atom is -0.452 e. The summed E-state index contributed by atoms with van der Waals surface area (Å²) in [5.74, 6) is -0.768. The molecule has 0 aliphatic carbocycles. The fraction of sp³-hybridized carbons (Fsp3) is 0.318. The standard InChI is InChI=1S/C22H26N2O4/c1-14(2)19-7-5-6-8-20(19)24-22(27)15(3)28-21(26)13-17-9-11-18(12-10-17)23-16(4)25/h5-12,14-15H,13H2,1-4H3,(H,23,25)(H,24,27)/t15-/m0/s1. The molecule has 0 saturated heterocycles. The summed E-state index contributed by atoms with van der Waals surface area (Å²) in [5, 5.41) is 5.49. The Kier molecular flexibility index (Phi) is 7.32. The number of carbonyl (C=O) groups is 3. The van der Waals surface area contributed by atoms with E-state index in [0.717, 1.165) is 16.8 Å². The first-order valence-electron chi connectivity index (χ1n) is 9.22. The first-order chi connectivity index (χ1) is 13.3. The molecule has 1 atom stereocenters. The Hall–Kier alpha value is -3.15. The van der Waals surface area contributed by atoms with Crippen LogP contribution in [0.25, 0.3) is 0 Å². The molecule has 2 aromatic rings. The third-order valence-electron chi connectivity index (χ3n) is 4.14. The second-order valence-corrected chi connectivity index (χ2v) is 6.92. The van der Waals surface area contributed by atoms with Gasteiger partial charge in [-0.2, -0.15) is 0 Å². The van der Waals surface area contributed by atoms with Crippen molar-refractivity contribution in [2.75, 3.05) is 10.6 Å². The lowest BCUT2D eigenvalue weighted by atomic mass is 10.0. The van der Waals surface area contributed by atoms with Gasteiger partial charge < -0.3 is 15.4 Å². The van der Waals surface area contributed by atoms with E-state index in [1.165, 1.54) is 6.92 Å². The quantitative estimate of drug-likeness (QED) is 0.712. The van der Waals surface area contributed by atoms with Gasteiger partial charge in [-0.05, 0) is 42.2 Å². The third-order valence-corrected chi connectivity index (χ3v) is 4.14. The van der Waals surface area contributed by atoms with E-state index in [4.69, 9.17) is 4.74 Å². The van der Waals surface area contributed by atoms with Gasteiger partial charge in [0.25, 0.3) is 5.91 Å². The first-order valence-corrected chi connectivity index (χ1v) is 9.22. The van der Waals surface area contributed by atoms with E-state index in [1.54, 1.807) is 31.2 Å². The minimum absolute atomic E-state index is 0.0422. The molecule has 0 unspecified atom stereocenters. The average molecular weight is 382 g/mol. The van der Waals surface area contributed by atoms with Gasteiger partial charge in [0, 0.05) is 18.3 Å². The van der Waals surface area contributed by atoms with Gasteiger partial charge in [0.1, 0.15) is 0 Å². The van der Waals surface area contributed by atoms with Gasteiger partial charge in [-0.15, -0.1) is 0 Å². The third kappa shape index (κ3) is 6.23. The van der Waals surface area contributed by atoms with Crippen molar-refractivity contribution in [2.24, 2.45) is 0 Å². The highest BCUT2D eigenvalue weighted by atomic mass is 16.5. The number of nitrogens with one attached hydrogen (secondary N) is 2. The number of carbonyl (C=O) groups excluding carboxylic acids is 3. The van der Waals surface area contributed by atoms with Crippen LogP contribution in [-0.4, -0.2) is 23.9 Å². The molecule has 0 heterocycles. The smallest absolute Gasteiger partial charge is 0.311 e. The van der Waals surface area contributed by atoms with Crippen LogP contribution in [-0.2, 0) is 25.5 Å². The average Bonchev–Trinajstić information content (AvgIpc) is 2.63. The van der Waals surface area contributed by atoms with Crippen LogP contribution < -0.4 is 10.6 Å². The van der Waals surface area contributed by atoms with Crippen LogP contribution >= 0.6 is 0 Å². The van der Waals surface area contributed by atoms with Gasteiger partial charge in [-0.3, -0.25) is 14.4 Å². The molecule has 0 aliphatic heterocycles. The summed E-state index contributed by atoms with van der Waals surface area (Å²) in [6, 6.07) is 14.5. The fourth-order valence-corrected chi connectivity index (χ4v) is 2.72. The number of anilines is 2. The van der Waals surface area contributed by atoms with E-state index in [0.29, 0.717) is 5.69 Å². The fourth-order valence-electron chi connectivity index (χ4n) is 2.72. The Labute approximate surface area is 165 Å². The molecule has 2 amide bonds. The number of amides is 2. The maximum absolute atomic E-state index is 12.4. The van der Waals surface area contributed by atoms with Crippen LogP contribution in [0.3, 0.4) is 0 Å². The van der Waals surface area contributed by atoms with E-state index < -0.39 is 12.1 Å². The van der Waals surface area contributed by atoms with E-state index in [2.05, 4.69) is 10.6 Å². The van der Waals surface area contributed by atoms with Crippen LogP contribution in [0.4, 0.5) is 11.4 Å². The zero-order chi connectivity index (χ0) is 20.7. The van der Waals surface area contributed by atoms with Gasteiger partial charge >= 0.3 is 5.97 Å². The number of hydrogen-bond donors (Lipinski definition) is 2. The zero-order valence-corrected chi connectivity index (χ0v) is 16.6. The molecule has 0 aromatic heterocycles. The number of hydrogen-bond acceptors (Lipinski definition) is 4. The predicted octanol–water partition coefficient (Wildman–Crippen LogP) is 3.88. The summed E-state index contributed by atoms with van der Waals surface area (Å²) < 4.78 is 5.26. The molecule has 0 spiro atoms. The maximum atomic E-state index is 12.4. The second kappa shape index (κ2) is 9.69. The minimum atomic E-state index is -0.911. The van der Waals surface area contributed by atoms with Crippen molar-refractivity contribution in [3.05, 3.63) is 59.7 Å². The van der Waals surface area contributed by atoms with Gasteiger partial charge in [0.2, 0.25) is 5.91 Å². The first kappa shape index (κ1) is 21.2. The van der Waals surface area contributed by atoms with Gasteiger partial charge in [0.05, 0.1) is 6.42 Å². The number of rotatable bonds is 7. The van der Waals surface area contributed by atoms with Crippen LogP contribution in [0.15, 0.2) is 48.5 Å². The monoisotopic (exact) mass is 382 g/mol. The molecule has 2 rings (SSSR count). The highest BCUT2D eigenvalue weighted by Gasteiger charge is 2.19. The Balaban J connectivity index is 1.91.